The first-order valence-corrected chi connectivity index (χ1v) is 6.82. The lowest BCUT2D eigenvalue weighted by molar-refractivity contribution is 0.0720. The summed E-state index contributed by atoms with van der Waals surface area (Å²) < 4.78 is 0. The SMILES string of the molecule is Cc1ccc(CNC2CN3CCC2CC3)cc1. The fourth-order valence-electron chi connectivity index (χ4n) is 3.15. The zero-order valence-electron chi connectivity index (χ0n) is 10.7. The van der Waals surface area contributed by atoms with Gasteiger partial charge in [-0.05, 0) is 44.3 Å². The van der Waals surface area contributed by atoms with Crippen molar-refractivity contribution in [2.24, 2.45) is 5.92 Å². The number of hydrogen-bond acceptors (Lipinski definition) is 2. The van der Waals surface area contributed by atoms with Crippen LogP contribution in [0.4, 0.5) is 0 Å². The minimum atomic E-state index is 0.721. The summed E-state index contributed by atoms with van der Waals surface area (Å²) in [6.45, 7) is 7.08. The second-order valence-corrected chi connectivity index (χ2v) is 5.61. The van der Waals surface area contributed by atoms with Gasteiger partial charge in [-0.15, -0.1) is 0 Å². The van der Waals surface area contributed by atoms with Crippen LogP contribution in [0.25, 0.3) is 0 Å². The maximum absolute atomic E-state index is 3.75. The highest BCUT2D eigenvalue weighted by Crippen LogP contribution is 2.27. The molecule has 0 spiro atoms. The normalized spacial score (nSPS) is 31.7. The third kappa shape index (κ3) is 2.53. The fraction of sp³-hybridized carbons (Fsp3) is 0.600. The Balaban J connectivity index is 1.56. The predicted molar refractivity (Wildman–Crippen MR) is 71.0 cm³/mol. The highest BCUT2D eigenvalue weighted by Gasteiger charge is 2.33. The zero-order valence-corrected chi connectivity index (χ0v) is 10.7. The Hall–Kier alpha value is -0.860. The van der Waals surface area contributed by atoms with Crippen molar-refractivity contribution in [1.82, 2.24) is 10.2 Å². The molecule has 17 heavy (non-hydrogen) atoms. The van der Waals surface area contributed by atoms with E-state index in [-0.39, 0.29) is 0 Å². The van der Waals surface area contributed by atoms with Gasteiger partial charge in [0.05, 0.1) is 0 Å². The van der Waals surface area contributed by atoms with Crippen LogP contribution >= 0.6 is 0 Å². The molecule has 3 saturated heterocycles. The van der Waals surface area contributed by atoms with E-state index in [1.54, 1.807) is 0 Å². The zero-order chi connectivity index (χ0) is 11.7. The van der Waals surface area contributed by atoms with E-state index in [1.807, 2.05) is 0 Å². The molecule has 1 unspecified atom stereocenters. The molecule has 0 radical (unpaired) electrons. The van der Waals surface area contributed by atoms with Crippen LogP contribution in [-0.2, 0) is 6.54 Å². The number of aryl methyl sites for hydroxylation is 1. The van der Waals surface area contributed by atoms with Crippen molar-refractivity contribution in [3.8, 4) is 0 Å². The van der Waals surface area contributed by atoms with Crippen molar-refractivity contribution < 1.29 is 0 Å². The van der Waals surface area contributed by atoms with E-state index in [0.717, 1.165) is 18.5 Å². The maximum Gasteiger partial charge on any atom is 0.0227 e. The van der Waals surface area contributed by atoms with Gasteiger partial charge in [-0.1, -0.05) is 29.8 Å². The number of piperidine rings is 3. The molecule has 1 N–H and O–H groups in total. The molecule has 3 aliphatic rings. The third-order valence-electron chi connectivity index (χ3n) is 4.35. The van der Waals surface area contributed by atoms with Gasteiger partial charge in [0.25, 0.3) is 0 Å². The van der Waals surface area contributed by atoms with Gasteiger partial charge in [0, 0.05) is 19.1 Å². The molecule has 3 aliphatic heterocycles. The molecule has 3 heterocycles. The lowest BCUT2D eigenvalue weighted by Crippen LogP contribution is -2.55. The van der Waals surface area contributed by atoms with Gasteiger partial charge in [-0.25, -0.2) is 0 Å². The summed E-state index contributed by atoms with van der Waals surface area (Å²) in [4.78, 5) is 2.60. The first kappa shape index (κ1) is 11.2. The van der Waals surface area contributed by atoms with Gasteiger partial charge in [-0.3, -0.25) is 0 Å². The average Bonchev–Trinajstić information content (AvgIpc) is 2.39. The second-order valence-electron chi connectivity index (χ2n) is 5.61. The smallest absolute Gasteiger partial charge is 0.0227 e. The van der Waals surface area contributed by atoms with Gasteiger partial charge in [0.2, 0.25) is 0 Å². The molecule has 0 aliphatic carbocycles. The number of nitrogens with zero attached hydrogens (tertiary/aromatic N) is 1. The molecule has 2 heteroatoms. The minimum absolute atomic E-state index is 0.721. The summed E-state index contributed by atoms with van der Waals surface area (Å²) in [5, 5.41) is 3.75. The molecule has 4 rings (SSSR count). The van der Waals surface area contributed by atoms with Gasteiger partial charge < -0.3 is 10.2 Å². The lowest BCUT2D eigenvalue weighted by atomic mass is 9.84. The molecule has 2 bridgehead atoms. The number of nitrogens with one attached hydrogen (secondary N) is 1. The van der Waals surface area contributed by atoms with Crippen LogP contribution in [0.3, 0.4) is 0 Å². The maximum atomic E-state index is 3.75. The van der Waals surface area contributed by atoms with Crippen LogP contribution < -0.4 is 5.32 Å². The fourth-order valence-corrected chi connectivity index (χ4v) is 3.15. The number of benzene rings is 1. The Labute approximate surface area is 104 Å². The van der Waals surface area contributed by atoms with Crippen molar-refractivity contribution in [2.75, 3.05) is 19.6 Å². The molecule has 1 aromatic rings. The van der Waals surface area contributed by atoms with Crippen molar-refractivity contribution in [1.29, 1.82) is 0 Å². The summed E-state index contributed by atoms with van der Waals surface area (Å²) in [5.41, 5.74) is 2.75. The molecule has 1 aromatic carbocycles. The first-order chi connectivity index (χ1) is 8.31. The minimum Gasteiger partial charge on any atom is -0.308 e. The number of hydrogen-bond donors (Lipinski definition) is 1. The van der Waals surface area contributed by atoms with Crippen LogP contribution in [0.15, 0.2) is 24.3 Å². The van der Waals surface area contributed by atoms with E-state index >= 15 is 0 Å². The summed E-state index contributed by atoms with van der Waals surface area (Å²) in [6.07, 6.45) is 2.79. The quantitative estimate of drug-likeness (QED) is 0.856. The predicted octanol–water partition coefficient (Wildman–Crippen LogP) is 2.18. The lowest BCUT2D eigenvalue weighted by Gasteiger charge is -2.45. The molecule has 0 saturated carbocycles. The summed E-state index contributed by atoms with van der Waals surface area (Å²) in [7, 11) is 0. The highest BCUT2D eigenvalue weighted by atomic mass is 15.2. The van der Waals surface area contributed by atoms with Crippen molar-refractivity contribution in [3.63, 3.8) is 0 Å². The van der Waals surface area contributed by atoms with E-state index < -0.39 is 0 Å². The highest BCUT2D eigenvalue weighted by molar-refractivity contribution is 5.21. The monoisotopic (exact) mass is 230 g/mol. The molecule has 2 nitrogen and oxygen atoms in total. The summed E-state index contributed by atoms with van der Waals surface area (Å²) in [6, 6.07) is 9.60. The molecule has 92 valence electrons. The van der Waals surface area contributed by atoms with Crippen LogP contribution in [0.1, 0.15) is 24.0 Å². The molecule has 0 aromatic heterocycles. The Morgan fingerprint density at radius 3 is 2.47 bits per heavy atom. The van der Waals surface area contributed by atoms with E-state index in [2.05, 4.69) is 41.4 Å². The van der Waals surface area contributed by atoms with Gasteiger partial charge in [-0.2, -0.15) is 0 Å². The summed E-state index contributed by atoms with van der Waals surface area (Å²) >= 11 is 0. The standard InChI is InChI=1S/C15H22N2/c1-12-2-4-13(5-3-12)10-16-15-11-17-8-6-14(15)7-9-17/h2-5,14-16H,6-11H2,1H3. The third-order valence-corrected chi connectivity index (χ3v) is 4.35. The average molecular weight is 230 g/mol. The van der Waals surface area contributed by atoms with E-state index in [1.165, 1.54) is 43.6 Å². The van der Waals surface area contributed by atoms with E-state index in [4.69, 9.17) is 0 Å². The molecule has 1 atom stereocenters. The topological polar surface area (TPSA) is 15.3 Å². The number of rotatable bonds is 3. The van der Waals surface area contributed by atoms with Crippen LogP contribution in [0.5, 0.6) is 0 Å². The Morgan fingerprint density at radius 1 is 1.18 bits per heavy atom. The van der Waals surface area contributed by atoms with Crippen molar-refractivity contribution in [2.45, 2.75) is 32.4 Å². The molecular formula is C15H22N2. The van der Waals surface area contributed by atoms with E-state index in [0.29, 0.717) is 0 Å². The number of fused-ring (bicyclic) bond motifs is 3. The Morgan fingerprint density at radius 2 is 1.88 bits per heavy atom. The van der Waals surface area contributed by atoms with Gasteiger partial charge in [0.15, 0.2) is 0 Å². The molecular weight excluding hydrogens is 208 g/mol. The largest absolute Gasteiger partial charge is 0.308 e. The van der Waals surface area contributed by atoms with Crippen LogP contribution in [0, 0.1) is 12.8 Å². The van der Waals surface area contributed by atoms with Gasteiger partial charge in [0.1, 0.15) is 0 Å². The van der Waals surface area contributed by atoms with Crippen LogP contribution in [-0.4, -0.2) is 30.6 Å². The van der Waals surface area contributed by atoms with Crippen LogP contribution in [0.2, 0.25) is 0 Å². The molecule has 0 amide bonds. The van der Waals surface area contributed by atoms with E-state index in [9.17, 15) is 0 Å². The van der Waals surface area contributed by atoms with Gasteiger partial charge >= 0.3 is 0 Å². The van der Waals surface area contributed by atoms with Crippen molar-refractivity contribution >= 4 is 0 Å². The Kier molecular flexibility index (Phi) is 3.17. The second kappa shape index (κ2) is 4.79. The molecule has 3 fully saturated rings. The summed E-state index contributed by atoms with van der Waals surface area (Å²) in [5.74, 6) is 0.922. The first-order valence-electron chi connectivity index (χ1n) is 6.82. The van der Waals surface area contributed by atoms with Crippen molar-refractivity contribution in [3.05, 3.63) is 35.4 Å². The Bertz CT molecular complexity index is 363.